The molecule has 2 heterocycles. The molecule has 2 N–H and O–H groups in total. The van der Waals surface area contributed by atoms with Crippen molar-refractivity contribution in [3.63, 3.8) is 0 Å². The summed E-state index contributed by atoms with van der Waals surface area (Å²) in [7, 11) is 0. The van der Waals surface area contributed by atoms with Crippen LogP contribution in [0.4, 0.5) is 17.2 Å². The van der Waals surface area contributed by atoms with Gasteiger partial charge in [0.25, 0.3) is 11.9 Å². The number of hydrogen-bond acceptors (Lipinski definition) is 7. The minimum atomic E-state index is -0.571. The quantitative estimate of drug-likeness (QED) is 0.338. The van der Waals surface area contributed by atoms with Crippen molar-refractivity contribution in [2.45, 2.75) is 34.1 Å². The van der Waals surface area contributed by atoms with E-state index < -0.39 is 5.97 Å². The van der Waals surface area contributed by atoms with E-state index in [1.807, 2.05) is 51.1 Å². The number of amides is 1. The van der Waals surface area contributed by atoms with Crippen LogP contribution in [0, 0.1) is 13.8 Å². The second kappa shape index (κ2) is 10.8. The van der Waals surface area contributed by atoms with Crippen LogP contribution in [-0.4, -0.2) is 38.2 Å². The Balaban J connectivity index is 1.72. The van der Waals surface area contributed by atoms with Gasteiger partial charge in [0.1, 0.15) is 5.56 Å². The predicted octanol–water partition coefficient (Wildman–Crippen LogP) is 5.01. The van der Waals surface area contributed by atoms with Crippen LogP contribution in [0.3, 0.4) is 0 Å². The van der Waals surface area contributed by atoms with Crippen molar-refractivity contribution in [2.75, 3.05) is 17.2 Å². The lowest BCUT2D eigenvalue weighted by atomic mass is 10.1. The summed E-state index contributed by atoms with van der Waals surface area (Å²) < 4.78 is 6.79. The number of nitrogens with zero attached hydrogens (tertiary/aromatic N) is 4. The van der Waals surface area contributed by atoms with Crippen LogP contribution in [-0.2, 0) is 11.2 Å². The van der Waals surface area contributed by atoms with E-state index in [1.54, 1.807) is 35.9 Å². The number of anilines is 3. The van der Waals surface area contributed by atoms with Crippen molar-refractivity contribution in [1.29, 1.82) is 0 Å². The maximum Gasteiger partial charge on any atom is 0.343 e. The molecule has 0 bridgehead atoms. The fourth-order valence-electron chi connectivity index (χ4n) is 3.82. The Hall–Kier alpha value is -4.53. The Morgan fingerprint density at radius 1 is 0.972 bits per heavy atom. The maximum atomic E-state index is 13.3. The van der Waals surface area contributed by atoms with Crippen LogP contribution < -0.4 is 10.6 Å². The Morgan fingerprint density at radius 2 is 1.69 bits per heavy atom. The third-order valence-corrected chi connectivity index (χ3v) is 5.54. The van der Waals surface area contributed by atoms with Crippen molar-refractivity contribution < 1.29 is 14.3 Å². The number of ether oxygens (including phenoxy) is 1. The summed E-state index contributed by atoms with van der Waals surface area (Å²) in [6.07, 6.45) is 2.19. The SMILES string of the molecule is CCOC(=O)c1cnc(-n2nc(C)cc2C)nc1Nc1ccccc1C(=O)Nc1ccccc1CC. The first kappa shape index (κ1) is 24.6. The molecule has 9 heteroatoms. The van der Waals surface area contributed by atoms with Gasteiger partial charge in [0.15, 0.2) is 5.82 Å². The van der Waals surface area contributed by atoms with Crippen molar-refractivity contribution >= 4 is 29.1 Å². The first-order valence-electron chi connectivity index (χ1n) is 11.7. The number of aryl methyl sites for hydroxylation is 3. The summed E-state index contributed by atoms with van der Waals surface area (Å²) in [5.74, 6) is -0.363. The summed E-state index contributed by atoms with van der Waals surface area (Å²) >= 11 is 0. The van der Waals surface area contributed by atoms with E-state index in [9.17, 15) is 9.59 Å². The van der Waals surface area contributed by atoms with Gasteiger partial charge in [-0.25, -0.2) is 14.5 Å². The summed E-state index contributed by atoms with van der Waals surface area (Å²) in [6, 6.07) is 16.6. The van der Waals surface area contributed by atoms with Gasteiger partial charge < -0.3 is 15.4 Å². The molecule has 2 aromatic carbocycles. The summed E-state index contributed by atoms with van der Waals surface area (Å²) in [5, 5.41) is 10.6. The zero-order valence-electron chi connectivity index (χ0n) is 20.7. The molecule has 0 saturated heterocycles. The molecule has 0 saturated carbocycles. The topological polar surface area (TPSA) is 111 Å². The van der Waals surface area contributed by atoms with Crippen LogP contribution in [0.5, 0.6) is 0 Å². The molecular weight excluding hydrogens is 456 g/mol. The van der Waals surface area contributed by atoms with Gasteiger partial charge in [0.05, 0.1) is 23.6 Å². The van der Waals surface area contributed by atoms with Crippen LogP contribution >= 0.6 is 0 Å². The normalized spacial score (nSPS) is 10.7. The predicted molar refractivity (Wildman–Crippen MR) is 138 cm³/mol. The largest absolute Gasteiger partial charge is 0.462 e. The van der Waals surface area contributed by atoms with Gasteiger partial charge >= 0.3 is 5.97 Å². The van der Waals surface area contributed by atoms with E-state index in [1.165, 1.54) is 6.20 Å². The van der Waals surface area contributed by atoms with E-state index in [4.69, 9.17) is 4.74 Å². The number of para-hydroxylation sites is 2. The number of esters is 1. The van der Waals surface area contributed by atoms with Gasteiger partial charge in [0.2, 0.25) is 0 Å². The third-order valence-electron chi connectivity index (χ3n) is 5.54. The number of carbonyl (C=O) groups excluding carboxylic acids is 2. The highest BCUT2D eigenvalue weighted by Crippen LogP contribution is 2.25. The minimum absolute atomic E-state index is 0.147. The van der Waals surface area contributed by atoms with E-state index in [2.05, 4.69) is 25.7 Å². The second-order valence-electron chi connectivity index (χ2n) is 8.13. The molecule has 0 aliphatic rings. The number of nitrogens with one attached hydrogen (secondary N) is 2. The molecule has 0 atom stereocenters. The third kappa shape index (κ3) is 5.25. The van der Waals surface area contributed by atoms with Crippen molar-refractivity contribution in [2.24, 2.45) is 0 Å². The lowest BCUT2D eigenvalue weighted by Crippen LogP contribution is -2.17. The molecule has 0 spiro atoms. The standard InChI is InChI=1S/C27H28N6O3/c1-5-19-11-7-9-13-22(19)30-25(34)20-12-8-10-14-23(20)29-24-21(26(35)36-6-2)16-28-27(31-24)33-18(4)15-17(3)32-33/h7-16H,5-6H2,1-4H3,(H,30,34)(H,28,29,31). The highest BCUT2D eigenvalue weighted by Gasteiger charge is 2.20. The molecule has 4 rings (SSSR count). The lowest BCUT2D eigenvalue weighted by molar-refractivity contribution is 0.0526. The zero-order valence-corrected chi connectivity index (χ0v) is 20.7. The zero-order chi connectivity index (χ0) is 25.7. The fraction of sp³-hybridized carbons (Fsp3) is 0.222. The summed E-state index contributed by atoms with van der Waals surface area (Å²) in [6.45, 7) is 7.73. The molecule has 0 aliphatic carbocycles. The minimum Gasteiger partial charge on any atom is -0.462 e. The van der Waals surface area contributed by atoms with Crippen molar-refractivity contribution in [1.82, 2.24) is 19.7 Å². The molecule has 2 aromatic heterocycles. The molecule has 0 unspecified atom stereocenters. The monoisotopic (exact) mass is 484 g/mol. The van der Waals surface area contributed by atoms with Gasteiger partial charge in [0, 0.05) is 17.6 Å². The van der Waals surface area contributed by atoms with Crippen LogP contribution in [0.1, 0.15) is 51.5 Å². The van der Waals surface area contributed by atoms with Crippen LogP contribution in [0.2, 0.25) is 0 Å². The Kier molecular flexibility index (Phi) is 7.39. The van der Waals surface area contributed by atoms with E-state index in [0.717, 1.165) is 29.1 Å². The van der Waals surface area contributed by atoms with Gasteiger partial charge in [-0.1, -0.05) is 37.3 Å². The Bertz CT molecular complexity index is 1410. The molecule has 0 radical (unpaired) electrons. The van der Waals surface area contributed by atoms with Gasteiger partial charge in [-0.05, 0) is 57.0 Å². The molecule has 1 amide bonds. The lowest BCUT2D eigenvalue weighted by Gasteiger charge is -2.15. The first-order valence-corrected chi connectivity index (χ1v) is 11.7. The average Bonchev–Trinajstić information content (AvgIpc) is 3.22. The number of rotatable bonds is 8. The van der Waals surface area contributed by atoms with Crippen molar-refractivity contribution in [3.05, 3.63) is 88.9 Å². The number of hydrogen-bond donors (Lipinski definition) is 2. The Morgan fingerprint density at radius 3 is 2.39 bits per heavy atom. The number of aromatic nitrogens is 4. The highest BCUT2D eigenvalue weighted by molar-refractivity contribution is 6.09. The first-order chi connectivity index (χ1) is 17.4. The highest BCUT2D eigenvalue weighted by atomic mass is 16.5. The summed E-state index contributed by atoms with van der Waals surface area (Å²) in [4.78, 5) is 34.8. The second-order valence-corrected chi connectivity index (χ2v) is 8.13. The maximum absolute atomic E-state index is 13.3. The smallest absolute Gasteiger partial charge is 0.343 e. The Labute approximate surface area is 209 Å². The molecule has 36 heavy (non-hydrogen) atoms. The molecule has 0 fully saturated rings. The van der Waals surface area contributed by atoms with Crippen LogP contribution in [0.15, 0.2) is 60.8 Å². The van der Waals surface area contributed by atoms with Gasteiger partial charge in [-0.3, -0.25) is 4.79 Å². The van der Waals surface area contributed by atoms with E-state index in [0.29, 0.717) is 11.3 Å². The molecule has 4 aromatic rings. The van der Waals surface area contributed by atoms with E-state index in [-0.39, 0.29) is 29.8 Å². The molecule has 184 valence electrons. The molecule has 9 nitrogen and oxygen atoms in total. The van der Waals surface area contributed by atoms with Crippen molar-refractivity contribution in [3.8, 4) is 5.95 Å². The number of carbonyl (C=O) groups is 2. The summed E-state index contributed by atoms with van der Waals surface area (Å²) in [5.41, 5.74) is 4.46. The molecular formula is C27H28N6O3. The van der Waals surface area contributed by atoms with Crippen LogP contribution in [0.25, 0.3) is 5.95 Å². The number of benzene rings is 2. The molecule has 0 aliphatic heterocycles. The average molecular weight is 485 g/mol. The van der Waals surface area contributed by atoms with E-state index >= 15 is 0 Å². The van der Waals surface area contributed by atoms with Gasteiger partial charge in [-0.15, -0.1) is 0 Å². The van der Waals surface area contributed by atoms with Gasteiger partial charge in [-0.2, -0.15) is 10.1 Å². The fourth-order valence-corrected chi connectivity index (χ4v) is 3.82.